The third-order valence-corrected chi connectivity index (χ3v) is 6.01. The molecule has 0 aromatic heterocycles. The summed E-state index contributed by atoms with van der Waals surface area (Å²) >= 11 is 0. The number of hydrogen-bond acceptors (Lipinski definition) is 4. The van der Waals surface area contributed by atoms with Crippen molar-refractivity contribution in [3.63, 3.8) is 0 Å². The Morgan fingerprint density at radius 2 is 1.09 bits per heavy atom. The van der Waals surface area contributed by atoms with Gasteiger partial charge in [0.2, 0.25) is 5.78 Å². The normalized spacial score (nSPS) is 15.1. The molecule has 5 nitrogen and oxygen atoms in total. The van der Waals surface area contributed by atoms with Gasteiger partial charge in [0, 0.05) is 11.1 Å². The molecule has 0 aliphatic carbocycles. The van der Waals surface area contributed by atoms with Gasteiger partial charge >= 0.3 is 0 Å². The molecule has 0 radical (unpaired) electrons. The van der Waals surface area contributed by atoms with Gasteiger partial charge in [-0.1, -0.05) is 121 Å². The van der Waals surface area contributed by atoms with Crippen molar-refractivity contribution in [3.05, 3.63) is 149 Å². The van der Waals surface area contributed by atoms with Crippen LogP contribution in [0.1, 0.15) is 27.0 Å². The maximum Gasteiger partial charge on any atom is 0.262 e. The Kier molecular flexibility index (Phi) is 5.81. The number of amides is 1. The van der Waals surface area contributed by atoms with Crippen LogP contribution in [-0.2, 0) is 10.3 Å². The Morgan fingerprint density at radius 3 is 1.57 bits per heavy atom. The van der Waals surface area contributed by atoms with Crippen LogP contribution in [0.25, 0.3) is 5.76 Å². The molecule has 1 heterocycles. The number of nitrogens with one attached hydrogen (secondary N) is 1. The van der Waals surface area contributed by atoms with Crippen molar-refractivity contribution >= 4 is 23.3 Å². The van der Waals surface area contributed by atoms with E-state index in [1.54, 1.807) is 48.5 Å². The molecule has 0 fully saturated rings. The number of aliphatic imine (C=N–C) groups is 1. The van der Waals surface area contributed by atoms with Crippen molar-refractivity contribution in [1.29, 1.82) is 0 Å². The summed E-state index contributed by atoms with van der Waals surface area (Å²) in [6.45, 7) is 0. The highest BCUT2D eigenvalue weighted by molar-refractivity contribution is 6.34. The molecule has 5 rings (SSSR count). The van der Waals surface area contributed by atoms with Gasteiger partial charge in [-0.3, -0.25) is 9.59 Å². The number of aliphatic hydroxyl groups excluding tert-OH is 1. The Hall–Kier alpha value is -4.77. The molecule has 4 aromatic rings. The van der Waals surface area contributed by atoms with Gasteiger partial charge < -0.3 is 10.4 Å². The quantitative estimate of drug-likeness (QED) is 0.233. The van der Waals surface area contributed by atoms with Crippen molar-refractivity contribution in [2.24, 2.45) is 4.99 Å². The van der Waals surface area contributed by atoms with Crippen molar-refractivity contribution < 1.29 is 14.7 Å². The fourth-order valence-electron chi connectivity index (χ4n) is 4.28. The highest BCUT2D eigenvalue weighted by atomic mass is 16.3. The third-order valence-electron chi connectivity index (χ3n) is 6.01. The fourth-order valence-corrected chi connectivity index (χ4v) is 4.28. The Morgan fingerprint density at radius 1 is 0.657 bits per heavy atom. The van der Waals surface area contributed by atoms with Gasteiger partial charge in [0.1, 0.15) is 17.2 Å². The van der Waals surface area contributed by atoms with Crippen LogP contribution < -0.4 is 5.32 Å². The molecule has 1 aliphatic heterocycles. The smallest absolute Gasteiger partial charge is 0.262 e. The second kappa shape index (κ2) is 9.23. The summed E-state index contributed by atoms with van der Waals surface area (Å²) in [6, 6.07) is 35.8. The van der Waals surface area contributed by atoms with Gasteiger partial charge in [0.05, 0.1) is 0 Å². The van der Waals surface area contributed by atoms with Gasteiger partial charge in [0.25, 0.3) is 5.91 Å². The second-order valence-corrected chi connectivity index (χ2v) is 8.14. The van der Waals surface area contributed by atoms with Crippen molar-refractivity contribution in [3.8, 4) is 0 Å². The fraction of sp³-hybridized carbons (Fsp3) is 0.0333. The van der Waals surface area contributed by atoms with Crippen LogP contribution >= 0.6 is 0 Å². The maximum atomic E-state index is 13.7. The highest BCUT2D eigenvalue weighted by Gasteiger charge is 2.48. The van der Waals surface area contributed by atoms with Gasteiger partial charge in [-0.2, -0.15) is 0 Å². The Labute approximate surface area is 203 Å². The van der Waals surface area contributed by atoms with E-state index in [9.17, 15) is 14.7 Å². The zero-order valence-electron chi connectivity index (χ0n) is 18.8. The topological polar surface area (TPSA) is 78.8 Å². The number of carbonyl (C=O) groups is 2. The molecule has 1 amide bonds. The molecule has 1 aliphatic rings. The average Bonchev–Trinajstić information content (AvgIpc) is 3.28. The van der Waals surface area contributed by atoms with Crippen LogP contribution in [-0.4, -0.2) is 22.6 Å². The molecule has 5 heteroatoms. The van der Waals surface area contributed by atoms with E-state index in [2.05, 4.69) is 5.32 Å². The number of rotatable bonds is 6. The predicted molar refractivity (Wildman–Crippen MR) is 136 cm³/mol. The largest absolute Gasteiger partial charge is 0.506 e. The Balaban J connectivity index is 1.76. The lowest BCUT2D eigenvalue weighted by Gasteiger charge is -2.24. The first-order valence-electron chi connectivity index (χ1n) is 11.2. The van der Waals surface area contributed by atoms with E-state index >= 15 is 0 Å². The molecular formula is C30H22N2O3. The van der Waals surface area contributed by atoms with E-state index in [0.29, 0.717) is 22.3 Å². The van der Waals surface area contributed by atoms with Crippen LogP contribution in [0, 0.1) is 0 Å². The molecular weight excluding hydrogens is 436 g/mol. The van der Waals surface area contributed by atoms with Gasteiger partial charge in [0.15, 0.2) is 5.54 Å². The summed E-state index contributed by atoms with van der Waals surface area (Å²) in [5.41, 5.74) is 0.662. The number of hydrogen-bond donors (Lipinski definition) is 2. The number of ketones is 1. The van der Waals surface area contributed by atoms with Crippen LogP contribution in [0.15, 0.2) is 132 Å². The summed E-state index contributed by atoms with van der Waals surface area (Å²) in [5.74, 6) is -1.07. The molecule has 0 unspecified atom stereocenters. The van der Waals surface area contributed by atoms with Crippen molar-refractivity contribution in [2.75, 3.05) is 0 Å². The van der Waals surface area contributed by atoms with Crippen molar-refractivity contribution in [1.82, 2.24) is 5.32 Å². The van der Waals surface area contributed by atoms with Gasteiger partial charge in [-0.25, -0.2) is 4.99 Å². The molecule has 4 aromatic carbocycles. The zero-order chi connectivity index (χ0) is 24.3. The second-order valence-electron chi connectivity index (χ2n) is 8.14. The zero-order valence-corrected chi connectivity index (χ0v) is 18.8. The minimum atomic E-state index is -1.41. The maximum absolute atomic E-state index is 13.7. The molecule has 0 atom stereocenters. The summed E-state index contributed by atoms with van der Waals surface area (Å²) in [7, 11) is 0. The molecule has 0 bridgehead atoms. The molecule has 35 heavy (non-hydrogen) atoms. The van der Waals surface area contributed by atoms with E-state index in [4.69, 9.17) is 4.99 Å². The standard InChI is InChI=1S/C30H22N2O3/c33-26(21-13-5-1-6-14-21)25(27(34)22-15-7-2-8-16-22)28-31-29(35)30(32-28,23-17-9-3-10-18-23)24-19-11-4-12-20-24/h1-20,33H,(H,31,32,35). The molecule has 0 saturated carbocycles. The van der Waals surface area contributed by atoms with E-state index in [0.717, 1.165) is 0 Å². The van der Waals surface area contributed by atoms with E-state index < -0.39 is 17.2 Å². The van der Waals surface area contributed by atoms with Crippen LogP contribution in [0.3, 0.4) is 0 Å². The summed E-state index contributed by atoms with van der Waals surface area (Å²) in [4.78, 5) is 32.2. The minimum Gasteiger partial charge on any atom is -0.506 e. The first-order valence-corrected chi connectivity index (χ1v) is 11.2. The Bertz CT molecular complexity index is 1390. The van der Waals surface area contributed by atoms with Gasteiger partial charge in [-0.15, -0.1) is 0 Å². The van der Waals surface area contributed by atoms with E-state index in [1.165, 1.54) is 0 Å². The van der Waals surface area contributed by atoms with Gasteiger partial charge in [-0.05, 0) is 11.1 Å². The molecule has 0 saturated heterocycles. The summed E-state index contributed by atoms with van der Waals surface area (Å²) < 4.78 is 0. The van der Waals surface area contributed by atoms with Crippen molar-refractivity contribution in [2.45, 2.75) is 5.54 Å². The summed E-state index contributed by atoms with van der Waals surface area (Å²) in [5, 5.41) is 14.1. The number of benzene rings is 4. The molecule has 0 spiro atoms. The molecule has 2 N–H and O–H groups in total. The predicted octanol–water partition coefficient (Wildman–Crippen LogP) is 5.31. The van der Waals surface area contributed by atoms with Crippen LogP contribution in [0.5, 0.6) is 0 Å². The number of amidine groups is 1. The SMILES string of the molecule is O=C(C(C1=NC(c2ccccc2)(c2ccccc2)C(=O)N1)=C(O)c1ccccc1)c1ccccc1. The van der Waals surface area contributed by atoms with Crippen LogP contribution in [0.2, 0.25) is 0 Å². The number of Topliss-reactive ketones (excluding diaryl/α,β-unsaturated/α-hetero) is 1. The van der Waals surface area contributed by atoms with E-state index in [-0.39, 0.29) is 17.2 Å². The average molecular weight is 459 g/mol. The number of aliphatic hydroxyl groups is 1. The first kappa shape index (κ1) is 22.0. The highest BCUT2D eigenvalue weighted by Crippen LogP contribution is 2.38. The number of carbonyl (C=O) groups excluding carboxylic acids is 2. The number of nitrogens with zero attached hydrogens (tertiary/aromatic N) is 1. The minimum absolute atomic E-state index is 0.0258. The third kappa shape index (κ3) is 3.93. The lowest BCUT2D eigenvalue weighted by atomic mass is 9.83. The van der Waals surface area contributed by atoms with Crippen LogP contribution in [0.4, 0.5) is 0 Å². The first-order chi connectivity index (χ1) is 17.1. The lowest BCUT2D eigenvalue weighted by molar-refractivity contribution is -0.122. The monoisotopic (exact) mass is 458 g/mol. The summed E-state index contributed by atoms with van der Waals surface area (Å²) in [6.07, 6.45) is 0. The van der Waals surface area contributed by atoms with E-state index in [1.807, 2.05) is 72.8 Å². The molecule has 170 valence electrons. The lowest BCUT2D eigenvalue weighted by Crippen LogP contribution is -2.39.